The van der Waals surface area contributed by atoms with Crippen LogP contribution >= 0.6 is 11.3 Å². The number of nitrogens with one attached hydrogen (secondary N) is 1. The Hall–Kier alpha value is -2.99. The number of aromatic nitrogens is 1. The number of thiazole rings is 1. The van der Waals surface area contributed by atoms with E-state index in [0.717, 1.165) is 21.7 Å². The molecule has 1 N–H and O–H groups in total. The Morgan fingerprint density at radius 1 is 1.17 bits per heavy atom. The van der Waals surface area contributed by atoms with Crippen molar-refractivity contribution in [1.29, 1.82) is 0 Å². The summed E-state index contributed by atoms with van der Waals surface area (Å²) < 4.78 is 0. The number of nitrogens with zero attached hydrogens (tertiary/aromatic N) is 2. The summed E-state index contributed by atoms with van der Waals surface area (Å²) in [5.74, 6) is 0.113. The highest BCUT2D eigenvalue weighted by Gasteiger charge is 2.34. The molecule has 0 fully saturated rings. The molecule has 1 aliphatic heterocycles. The zero-order valence-electron chi connectivity index (χ0n) is 17.2. The van der Waals surface area contributed by atoms with E-state index >= 15 is 0 Å². The first-order valence-corrected chi connectivity index (χ1v) is 11.1. The lowest BCUT2D eigenvalue weighted by molar-refractivity contribution is -0.140. The van der Waals surface area contributed by atoms with E-state index in [4.69, 9.17) is 0 Å². The maximum atomic E-state index is 13.3. The van der Waals surface area contributed by atoms with Gasteiger partial charge in [0.15, 0.2) is 0 Å². The van der Waals surface area contributed by atoms with E-state index < -0.39 is 6.04 Å². The monoisotopic (exact) mass is 419 g/mol. The molecule has 0 spiro atoms. The molecule has 1 aromatic heterocycles. The van der Waals surface area contributed by atoms with E-state index in [1.54, 1.807) is 22.4 Å². The molecular weight excluding hydrogens is 394 g/mol. The molecule has 3 aromatic rings. The highest BCUT2D eigenvalue weighted by atomic mass is 32.1. The van der Waals surface area contributed by atoms with Crippen molar-refractivity contribution >= 4 is 28.8 Å². The fourth-order valence-electron chi connectivity index (χ4n) is 3.81. The van der Waals surface area contributed by atoms with Crippen LogP contribution in [0, 0.1) is 5.92 Å². The lowest BCUT2D eigenvalue weighted by atomic mass is 9.92. The summed E-state index contributed by atoms with van der Waals surface area (Å²) in [5, 5.41) is 5.86. The van der Waals surface area contributed by atoms with Crippen molar-refractivity contribution in [3.05, 3.63) is 71.2 Å². The lowest BCUT2D eigenvalue weighted by Gasteiger charge is -2.36. The number of carbonyl (C=O) groups excluding carboxylic acids is 2. The second kappa shape index (κ2) is 8.79. The van der Waals surface area contributed by atoms with Crippen LogP contribution in [0.3, 0.4) is 0 Å². The van der Waals surface area contributed by atoms with E-state index in [9.17, 15) is 9.59 Å². The number of hydrogen-bond acceptors (Lipinski definition) is 4. The SMILES string of the molecule is CC(C)CC(=O)N1Cc2ccccc2CC1C(=O)Nc1cccc(-c2nccs2)c1. The van der Waals surface area contributed by atoms with Gasteiger partial charge in [-0.1, -0.05) is 50.2 Å². The molecular formula is C24H25N3O2S. The Morgan fingerprint density at radius 2 is 1.97 bits per heavy atom. The highest BCUT2D eigenvalue weighted by Crippen LogP contribution is 2.27. The summed E-state index contributed by atoms with van der Waals surface area (Å²) in [6.07, 6.45) is 2.73. The normalized spacial score (nSPS) is 15.7. The number of rotatable bonds is 5. The number of amides is 2. The van der Waals surface area contributed by atoms with Gasteiger partial charge < -0.3 is 10.2 Å². The van der Waals surface area contributed by atoms with Crippen LogP contribution in [0.4, 0.5) is 5.69 Å². The van der Waals surface area contributed by atoms with Gasteiger partial charge in [-0.15, -0.1) is 11.3 Å². The number of benzene rings is 2. The molecule has 1 aliphatic rings. The fourth-order valence-corrected chi connectivity index (χ4v) is 4.44. The van der Waals surface area contributed by atoms with Crippen molar-refractivity contribution in [1.82, 2.24) is 9.88 Å². The highest BCUT2D eigenvalue weighted by molar-refractivity contribution is 7.13. The first-order valence-electron chi connectivity index (χ1n) is 10.2. The standard InChI is InChI=1S/C24H25N3O2S/c1-16(2)12-22(28)27-15-19-7-4-3-6-17(19)14-21(27)23(29)26-20-9-5-8-18(13-20)24-25-10-11-30-24/h3-11,13,16,21H,12,14-15H2,1-2H3,(H,26,29). The molecule has 0 radical (unpaired) electrons. The molecule has 1 unspecified atom stereocenters. The summed E-state index contributed by atoms with van der Waals surface area (Å²) in [6.45, 7) is 4.52. The molecule has 2 heterocycles. The molecule has 5 nitrogen and oxygen atoms in total. The summed E-state index contributed by atoms with van der Waals surface area (Å²) in [7, 11) is 0. The van der Waals surface area contributed by atoms with Crippen LogP contribution in [0.1, 0.15) is 31.4 Å². The van der Waals surface area contributed by atoms with Gasteiger partial charge >= 0.3 is 0 Å². The lowest BCUT2D eigenvalue weighted by Crippen LogP contribution is -2.50. The van der Waals surface area contributed by atoms with Crippen molar-refractivity contribution in [3.63, 3.8) is 0 Å². The van der Waals surface area contributed by atoms with Crippen molar-refractivity contribution in [2.75, 3.05) is 5.32 Å². The smallest absolute Gasteiger partial charge is 0.247 e. The molecule has 2 aromatic carbocycles. The Balaban J connectivity index is 1.57. The molecule has 0 saturated carbocycles. The summed E-state index contributed by atoms with van der Waals surface area (Å²) >= 11 is 1.56. The zero-order valence-corrected chi connectivity index (χ0v) is 18.0. The molecule has 6 heteroatoms. The van der Waals surface area contributed by atoms with Crippen LogP contribution in [0.25, 0.3) is 10.6 Å². The first kappa shape index (κ1) is 20.3. The van der Waals surface area contributed by atoms with Gasteiger partial charge in [-0.25, -0.2) is 4.98 Å². The minimum absolute atomic E-state index is 0.0242. The molecule has 154 valence electrons. The number of carbonyl (C=O) groups is 2. The predicted octanol–water partition coefficient (Wildman–Crippen LogP) is 4.75. The summed E-state index contributed by atoms with van der Waals surface area (Å²) in [4.78, 5) is 32.3. The maximum Gasteiger partial charge on any atom is 0.247 e. The quantitative estimate of drug-likeness (QED) is 0.649. The minimum atomic E-state index is -0.519. The molecule has 2 amide bonds. The Labute approximate surface area is 180 Å². The molecule has 1 atom stereocenters. The Bertz CT molecular complexity index is 1050. The van der Waals surface area contributed by atoms with Gasteiger partial charge in [-0.2, -0.15) is 0 Å². The van der Waals surface area contributed by atoms with Crippen LogP contribution in [-0.2, 0) is 22.6 Å². The van der Waals surface area contributed by atoms with E-state index in [1.165, 1.54) is 0 Å². The molecule has 0 saturated heterocycles. The average molecular weight is 420 g/mol. The van der Waals surface area contributed by atoms with Gasteiger partial charge in [-0.3, -0.25) is 9.59 Å². The first-order chi connectivity index (χ1) is 14.5. The third-order valence-corrected chi connectivity index (χ3v) is 6.09. The summed E-state index contributed by atoms with van der Waals surface area (Å²) in [6, 6.07) is 15.2. The van der Waals surface area contributed by atoms with Gasteiger partial charge in [0.2, 0.25) is 11.8 Å². The van der Waals surface area contributed by atoms with Crippen molar-refractivity contribution < 1.29 is 9.59 Å². The third kappa shape index (κ3) is 4.44. The minimum Gasteiger partial charge on any atom is -0.326 e. The van der Waals surface area contributed by atoms with Crippen molar-refractivity contribution in [2.45, 2.75) is 39.3 Å². The van der Waals surface area contributed by atoms with Crippen molar-refractivity contribution in [3.8, 4) is 10.6 Å². The van der Waals surface area contributed by atoms with Crippen LogP contribution in [-0.4, -0.2) is 27.7 Å². The van der Waals surface area contributed by atoms with E-state index in [2.05, 4.69) is 10.3 Å². The molecule has 30 heavy (non-hydrogen) atoms. The number of fused-ring (bicyclic) bond motifs is 1. The van der Waals surface area contributed by atoms with Crippen LogP contribution in [0.5, 0.6) is 0 Å². The van der Waals surface area contributed by atoms with Gasteiger partial charge in [0.05, 0.1) is 0 Å². The molecule has 4 rings (SSSR count). The zero-order chi connectivity index (χ0) is 21.1. The van der Waals surface area contributed by atoms with E-state index in [0.29, 0.717) is 25.1 Å². The molecule has 0 aliphatic carbocycles. The van der Waals surface area contributed by atoms with E-state index in [1.807, 2.05) is 67.8 Å². The maximum absolute atomic E-state index is 13.3. The van der Waals surface area contributed by atoms with Crippen LogP contribution in [0.2, 0.25) is 0 Å². The predicted molar refractivity (Wildman–Crippen MR) is 120 cm³/mol. The van der Waals surface area contributed by atoms with Gasteiger partial charge in [0.1, 0.15) is 11.0 Å². The number of hydrogen-bond donors (Lipinski definition) is 1. The topological polar surface area (TPSA) is 62.3 Å². The second-order valence-corrected chi connectivity index (χ2v) is 8.91. The van der Waals surface area contributed by atoms with Gasteiger partial charge in [-0.05, 0) is 29.2 Å². The summed E-state index contributed by atoms with van der Waals surface area (Å²) in [5.41, 5.74) is 3.92. The Morgan fingerprint density at radius 3 is 2.70 bits per heavy atom. The fraction of sp³-hybridized carbons (Fsp3) is 0.292. The van der Waals surface area contributed by atoms with Crippen LogP contribution in [0.15, 0.2) is 60.1 Å². The van der Waals surface area contributed by atoms with E-state index in [-0.39, 0.29) is 17.7 Å². The van der Waals surface area contributed by atoms with Crippen LogP contribution < -0.4 is 5.32 Å². The van der Waals surface area contributed by atoms with Gasteiger partial charge in [0.25, 0.3) is 0 Å². The average Bonchev–Trinajstić information content (AvgIpc) is 3.27. The largest absolute Gasteiger partial charge is 0.326 e. The molecule has 0 bridgehead atoms. The van der Waals surface area contributed by atoms with Gasteiger partial charge in [0, 0.05) is 42.2 Å². The second-order valence-electron chi connectivity index (χ2n) is 8.02. The Kier molecular flexibility index (Phi) is 5.95. The van der Waals surface area contributed by atoms with Crippen molar-refractivity contribution in [2.24, 2.45) is 5.92 Å². The third-order valence-electron chi connectivity index (χ3n) is 5.26. The number of anilines is 1.